The molecule has 40 heavy (non-hydrogen) atoms. The fourth-order valence-corrected chi connectivity index (χ4v) is 5.86. The van der Waals surface area contributed by atoms with E-state index in [9.17, 15) is 0 Å². The van der Waals surface area contributed by atoms with Crippen molar-refractivity contribution in [2.75, 3.05) is 0 Å². The van der Waals surface area contributed by atoms with Crippen molar-refractivity contribution < 1.29 is 4.52 Å². The molecule has 0 spiro atoms. The number of aromatic nitrogens is 5. The predicted octanol–water partition coefficient (Wildman–Crippen LogP) is 7.24. The number of benzene rings is 4. The van der Waals surface area contributed by atoms with Gasteiger partial charge in [0.2, 0.25) is 5.82 Å². The molecular weight excluding hydrogens is 494 g/mol. The molecule has 0 N–H and O–H groups in total. The van der Waals surface area contributed by atoms with Crippen molar-refractivity contribution >= 4 is 10.9 Å². The number of aryl methyl sites for hydroxylation is 1. The predicted molar refractivity (Wildman–Crippen MR) is 157 cm³/mol. The smallest absolute Gasteiger partial charge is 0.278 e. The summed E-state index contributed by atoms with van der Waals surface area (Å²) < 4.78 is 10.1. The summed E-state index contributed by atoms with van der Waals surface area (Å²) in [7, 11) is 2.02. The molecule has 0 aliphatic rings. The fourth-order valence-electron chi connectivity index (χ4n) is 5.86. The van der Waals surface area contributed by atoms with E-state index < -0.39 is 5.54 Å². The first-order valence-electron chi connectivity index (χ1n) is 13.3. The molecule has 0 unspecified atom stereocenters. The molecule has 3 aromatic heterocycles. The lowest BCUT2D eigenvalue weighted by atomic mass is 9.76. The summed E-state index contributed by atoms with van der Waals surface area (Å²) in [5.41, 5.74) is 6.33. The van der Waals surface area contributed by atoms with E-state index in [2.05, 4.69) is 106 Å². The van der Waals surface area contributed by atoms with E-state index in [-0.39, 0.29) is 0 Å². The molecule has 6 heteroatoms. The molecule has 0 bridgehead atoms. The van der Waals surface area contributed by atoms with Crippen molar-refractivity contribution in [3.05, 3.63) is 150 Å². The van der Waals surface area contributed by atoms with E-state index in [1.54, 1.807) is 0 Å². The van der Waals surface area contributed by atoms with Crippen LogP contribution in [0.4, 0.5) is 0 Å². The number of imidazole rings is 1. The zero-order chi connectivity index (χ0) is 27.1. The Morgan fingerprint density at radius 2 is 1.25 bits per heavy atom. The molecular formula is C34H27N5O. The molecule has 194 valence electrons. The Bertz CT molecular complexity index is 1820. The molecule has 0 aliphatic heterocycles. The summed E-state index contributed by atoms with van der Waals surface area (Å²) >= 11 is 0. The van der Waals surface area contributed by atoms with E-state index in [1.165, 1.54) is 0 Å². The number of para-hydroxylation sites is 1. The number of hydrogen-bond acceptors (Lipinski definition) is 4. The van der Waals surface area contributed by atoms with Gasteiger partial charge in [0.1, 0.15) is 11.2 Å². The third-order valence-electron chi connectivity index (χ3n) is 7.71. The highest BCUT2D eigenvalue weighted by atomic mass is 16.5. The van der Waals surface area contributed by atoms with Crippen LogP contribution in [0.5, 0.6) is 0 Å². The van der Waals surface area contributed by atoms with E-state index in [1.807, 2.05) is 49.9 Å². The van der Waals surface area contributed by atoms with Gasteiger partial charge >= 0.3 is 0 Å². The average Bonchev–Trinajstić information content (AvgIpc) is 3.73. The second kappa shape index (κ2) is 9.50. The van der Waals surface area contributed by atoms with Crippen LogP contribution in [-0.2, 0) is 12.6 Å². The van der Waals surface area contributed by atoms with Crippen molar-refractivity contribution in [3.63, 3.8) is 0 Å². The maximum absolute atomic E-state index is 5.84. The van der Waals surface area contributed by atoms with Crippen LogP contribution in [0.15, 0.2) is 132 Å². The summed E-state index contributed by atoms with van der Waals surface area (Å²) in [6.07, 6.45) is 3.93. The van der Waals surface area contributed by atoms with Crippen LogP contribution in [0.25, 0.3) is 33.9 Å². The minimum atomic E-state index is -0.669. The molecule has 0 aliphatic carbocycles. The van der Waals surface area contributed by atoms with E-state index >= 15 is 0 Å². The maximum atomic E-state index is 5.84. The van der Waals surface area contributed by atoms with Crippen LogP contribution >= 0.6 is 0 Å². The molecule has 3 heterocycles. The van der Waals surface area contributed by atoms with E-state index in [0.29, 0.717) is 17.4 Å². The molecule has 6 nitrogen and oxygen atoms in total. The standard InChI is InChI=1S/C34H27N5O/c1-24-31(33-36-32(37-40-33)29-22-38(2)30-21-13-12-20-28(29)30)35-23-39(24)34(25-14-6-3-7-15-25,26-16-8-4-9-17-26)27-18-10-5-11-19-27/h3-23H,1-2H3. The minimum Gasteiger partial charge on any atom is -0.350 e. The summed E-state index contributed by atoms with van der Waals surface area (Å²) in [6.45, 7) is 2.06. The highest BCUT2D eigenvalue weighted by Crippen LogP contribution is 2.43. The van der Waals surface area contributed by atoms with Gasteiger partial charge in [0.05, 0.1) is 6.33 Å². The topological polar surface area (TPSA) is 61.7 Å². The first-order valence-corrected chi connectivity index (χ1v) is 13.3. The lowest BCUT2D eigenvalue weighted by molar-refractivity contribution is 0.430. The second-order valence-electron chi connectivity index (χ2n) is 9.95. The summed E-state index contributed by atoms with van der Waals surface area (Å²) in [5, 5.41) is 5.44. The SMILES string of the molecule is Cc1c(-c2nc(-c3cn(C)c4ccccc34)no2)ncn1C(c1ccccc1)(c1ccccc1)c1ccccc1. The third kappa shape index (κ3) is 3.61. The number of nitrogens with zero attached hydrogens (tertiary/aromatic N) is 5. The van der Waals surface area contributed by atoms with Gasteiger partial charge in [-0.15, -0.1) is 0 Å². The Balaban J connectivity index is 1.43. The van der Waals surface area contributed by atoms with Crippen LogP contribution in [0.1, 0.15) is 22.4 Å². The molecule has 0 saturated carbocycles. The molecule has 7 rings (SSSR count). The van der Waals surface area contributed by atoms with Crippen molar-refractivity contribution in [2.45, 2.75) is 12.5 Å². The van der Waals surface area contributed by atoms with Crippen LogP contribution in [-0.4, -0.2) is 24.3 Å². The van der Waals surface area contributed by atoms with Gasteiger partial charge in [0.25, 0.3) is 5.89 Å². The number of fused-ring (bicyclic) bond motifs is 1. The van der Waals surface area contributed by atoms with E-state index in [0.717, 1.165) is 38.9 Å². The molecule has 0 amide bonds. The lowest BCUT2D eigenvalue weighted by Gasteiger charge is -2.38. The summed E-state index contributed by atoms with van der Waals surface area (Å²) in [5.74, 6) is 0.934. The van der Waals surface area contributed by atoms with Gasteiger partial charge in [-0.3, -0.25) is 0 Å². The quantitative estimate of drug-likeness (QED) is 0.216. The third-order valence-corrected chi connectivity index (χ3v) is 7.71. The Kier molecular flexibility index (Phi) is 5.67. The molecule has 0 atom stereocenters. The Morgan fingerprint density at radius 3 is 1.85 bits per heavy atom. The van der Waals surface area contributed by atoms with Crippen LogP contribution in [0, 0.1) is 6.92 Å². The monoisotopic (exact) mass is 521 g/mol. The average molecular weight is 522 g/mol. The molecule has 0 radical (unpaired) electrons. The highest BCUT2D eigenvalue weighted by molar-refractivity contribution is 5.94. The molecule has 4 aromatic carbocycles. The van der Waals surface area contributed by atoms with Gasteiger partial charge in [-0.1, -0.05) is 114 Å². The van der Waals surface area contributed by atoms with E-state index in [4.69, 9.17) is 14.5 Å². The molecule has 0 saturated heterocycles. The Labute approximate surface area is 232 Å². The number of rotatable bonds is 6. The van der Waals surface area contributed by atoms with Crippen LogP contribution < -0.4 is 0 Å². The molecule has 0 fully saturated rings. The highest BCUT2D eigenvalue weighted by Gasteiger charge is 2.40. The molecule has 7 aromatic rings. The maximum Gasteiger partial charge on any atom is 0.278 e. The minimum absolute atomic E-state index is 0.391. The zero-order valence-corrected chi connectivity index (χ0v) is 22.3. The number of hydrogen-bond donors (Lipinski definition) is 0. The van der Waals surface area contributed by atoms with Crippen LogP contribution in [0.3, 0.4) is 0 Å². The van der Waals surface area contributed by atoms with Crippen molar-refractivity contribution in [2.24, 2.45) is 7.05 Å². The first kappa shape index (κ1) is 23.9. The van der Waals surface area contributed by atoms with Gasteiger partial charge in [-0.25, -0.2) is 4.98 Å². The normalized spacial score (nSPS) is 11.8. The van der Waals surface area contributed by atoms with Gasteiger partial charge in [-0.05, 0) is 29.7 Å². The van der Waals surface area contributed by atoms with Gasteiger partial charge < -0.3 is 13.7 Å². The van der Waals surface area contributed by atoms with Gasteiger partial charge in [0.15, 0.2) is 0 Å². The first-order chi connectivity index (χ1) is 19.7. The van der Waals surface area contributed by atoms with Crippen molar-refractivity contribution in [1.29, 1.82) is 0 Å². The fraction of sp³-hybridized carbons (Fsp3) is 0.0882. The van der Waals surface area contributed by atoms with Gasteiger partial charge in [-0.2, -0.15) is 4.98 Å². The zero-order valence-electron chi connectivity index (χ0n) is 22.3. The second-order valence-corrected chi connectivity index (χ2v) is 9.95. The van der Waals surface area contributed by atoms with Crippen molar-refractivity contribution in [1.82, 2.24) is 24.3 Å². The largest absolute Gasteiger partial charge is 0.350 e. The Morgan fingerprint density at radius 1 is 0.700 bits per heavy atom. The Hall–Kier alpha value is -5.23. The van der Waals surface area contributed by atoms with Crippen LogP contribution in [0.2, 0.25) is 0 Å². The van der Waals surface area contributed by atoms with Crippen molar-refractivity contribution in [3.8, 4) is 23.0 Å². The summed E-state index contributed by atoms with van der Waals surface area (Å²) in [4.78, 5) is 9.69. The van der Waals surface area contributed by atoms with Gasteiger partial charge in [0, 0.05) is 35.4 Å². The summed E-state index contributed by atoms with van der Waals surface area (Å²) in [6, 6.07) is 39.9. The lowest BCUT2D eigenvalue weighted by Crippen LogP contribution is -2.38.